The van der Waals surface area contributed by atoms with E-state index in [4.69, 9.17) is 5.11 Å². The summed E-state index contributed by atoms with van der Waals surface area (Å²) >= 11 is 0. The molecule has 0 radical (unpaired) electrons. The monoisotopic (exact) mass is 332 g/mol. The minimum absolute atomic E-state index is 0.0277. The molecule has 1 fully saturated rings. The Morgan fingerprint density at radius 2 is 1.71 bits per heavy atom. The summed E-state index contributed by atoms with van der Waals surface area (Å²) in [6.07, 6.45) is 1.10. The van der Waals surface area contributed by atoms with E-state index in [-0.39, 0.29) is 23.7 Å². The number of rotatable bonds is 5. The summed E-state index contributed by atoms with van der Waals surface area (Å²) in [5, 5.41) is 11.8. The molecule has 0 unspecified atom stereocenters. The first-order chi connectivity index (χ1) is 11.4. The van der Waals surface area contributed by atoms with E-state index >= 15 is 0 Å². The fourth-order valence-corrected chi connectivity index (χ4v) is 2.89. The average Bonchev–Trinajstić information content (AvgIpc) is 2.59. The number of piperidine rings is 1. The lowest BCUT2D eigenvalue weighted by molar-refractivity contribution is -0.144. The molecule has 2 rings (SSSR count). The van der Waals surface area contributed by atoms with Crippen molar-refractivity contribution in [2.75, 3.05) is 13.1 Å². The summed E-state index contributed by atoms with van der Waals surface area (Å²) < 4.78 is 0. The Balaban J connectivity index is 1.89. The fraction of sp³-hybridized carbons (Fsp3) is 0.500. The topological polar surface area (TPSA) is 86.7 Å². The van der Waals surface area contributed by atoms with Gasteiger partial charge in [-0.3, -0.25) is 9.59 Å². The predicted octanol–water partition coefficient (Wildman–Crippen LogP) is 1.76. The molecule has 1 aromatic carbocycles. The van der Waals surface area contributed by atoms with Crippen molar-refractivity contribution in [1.82, 2.24) is 10.2 Å². The van der Waals surface area contributed by atoms with Crippen LogP contribution in [0.2, 0.25) is 0 Å². The number of hydrogen-bond acceptors (Lipinski definition) is 3. The number of nitrogens with zero attached hydrogens (tertiary/aromatic N) is 1. The molecule has 1 aliphatic heterocycles. The Morgan fingerprint density at radius 1 is 1.12 bits per heavy atom. The van der Waals surface area contributed by atoms with Crippen molar-refractivity contribution < 1.29 is 19.5 Å². The molecule has 0 saturated carbocycles. The van der Waals surface area contributed by atoms with Crippen molar-refractivity contribution >= 4 is 17.8 Å². The maximum atomic E-state index is 12.4. The van der Waals surface area contributed by atoms with Crippen LogP contribution in [0.15, 0.2) is 30.3 Å². The molecular weight excluding hydrogens is 308 g/mol. The van der Waals surface area contributed by atoms with Crippen LogP contribution in [0, 0.1) is 11.8 Å². The van der Waals surface area contributed by atoms with Crippen molar-refractivity contribution in [1.29, 1.82) is 0 Å². The molecule has 2 N–H and O–H groups in total. The molecular formula is C18H24N2O4. The van der Waals surface area contributed by atoms with Crippen LogP contribution in [-0.2, 0) is 9.59 Å². The maximum Gasteiger partial charge on any atom is 0.326 e. The second-order valence-corrected chi connectivity index (χ2v) is 6.50. The number of carboxylic acids is 1. The van der Waals surface area contributed by atoms with Gasteiger partial charge in [0.25, 0.3) is 5.91 Å². The molecule has 2 amide bonds. The lowest BCUT2D eigenvalue weighted by Gasteiger charge is -2.32. The molecule has 1 atom stereocenters. The number of aliphatic carboxylic acids is 1. The SMILES string of the molecule is CC(C)[C@@H](NC(=O)C1CCN(C(=O)c2ccccc2)CC1)C(=O)O. The van der Waals surface area contributed by atoms with E-state index < -0.39 is 12.0 Å². The van der Waals surface area contributed by atoms with E-state index in [1.54, 1.807) is 30.9 Å². The van der Waals surface area contributed by atoms with Crippen molar-refractivity contribution in [2.45, 2.75) is 32.7 Å². The molecule has 24 heavy (non-hydrogen) atoms. The minimum atomic E-state index is -1.02. The molecule has 6 nitrogen and oxygen atoms in total. The zero-order valence-electron chi connectivity index (χ0n) is 14.1. The summed E-state index contributed by atoms with van der Waals surface area (Å²) in [5.41, 5.74) is 0.645. The number of carbonyl (C=O) groups is 3. The molecule has 0 spiro atoms. The Kier molecular flexibility index (Phi) is 5.95. The smallest absolute Gasteiger partial charge is 0.326 e. The van der Waals surface area contributed by atoms with E-state index in [1.807, 2.05) is 18.2 Å². The molecule has 1 heterocycles. The van der Waals surface area contributed by atoms with E-state index in [9.17, 15) is 14.4 Å². The standard InChI is InChI=1S/C18H24N2O4/c1-12(2)15(18(23)24)19-16(21)13-8-10-20(11-9-13)17(22)14-6-4-3-5-7-14/h3-7,12-13,15H,8-11H2,1-2H3,(H,19,21)(H,23,24)/t15-/m1/s1. The minimum Gasteiger partial charge on any atom is -0.480 e. The zero-order chi connectivity index (χ0) is 17.7. The van der Waals surface area contributed by atoms with Crippen LogP contribution < -0.4 is 5.32 Å². The third-order valence-corrected chi connectivity index (χ3v) is 4.40. The van der Waals surface area contributed by atoms with Crippen LogP contribution in [0.3, 0.4) is 0 Å². The van der Waals surface area contributed by atoms with Gasteiger partial charge in [0.05, 0.1) is 0 Å². The quantitative estimate of drug-likeness (QED) is 0.860. The first kappa shape index (κ1) is 18.0. The zero-order valence-corrected chi connectivity index (χ0v) is 14.1. The van der Waals surface area contributed by atoms with Crippen LogP contribution in [-0.4, -0.2) is 46.9 Å². The molecule has 6 heteroatoms. The molecule has 0 bridgehead atoms. The average molecular weight is 332 g/mol. The number of likely N-dealkylation sites (tertiary alicyclic amines) is 1. The van der Waals surface area contributed by atoms with Crippen molar-refractivity contribution in [3.05, 3.63) is 35.9 Å². The summed E-state index contributed by atoms with van der Waals surface area (Å²) in [4.78, 5) is 37.6. The van der Waals surface area contributed by atoms with Gasteiger partial charge in [-0.2, -0.15) is 0 Å². The predicted molar refractivity (Wildman–Crippen MR) is 89.5 cm³/mol. The van der Waals surface area contributed by atoms with Crippen molar-refractivity contribution in [3.63, 3.8) is 0 Å². The first-order valence-corrected chi connectivity index (χ1v) is 8.27. The third kappa shape index (κ3) is 4.34. The number of carboxylic acid groups (broad SMARTS) is 1. The Hall–Kier alpha value is -2.37. The summed E-state index contributed by atoms with van der Waals surface area (Å²) in [6.45, 7) is 4.54. The van der Waals surface area contributed by atoms with Gasteiger partial charge >= 0.3 is 5.97 Å². The fourth-order valence-electron chi connectivity index (χ4n) is 2.89. The third-order valence-electron chi connectivity index (χ3n) is 4.40. The largest absolute Gasteiger partial charge is 0.480 e. The normalized spacial score (nSPS) is 16.7. The Labute approximate surface area is 141 Å². The number of amides is 2. The number of benzene rings is 1. The number of hydrogen-bond donors (Lipinski definition) is 2. The van der Waals surface area contributed by atoms with Gasteiger partial charge in [0, 0.05) is 24.6 Å². The van der Waals surface area contributed by atoms with Gasteiger partial charge in [0.1, 0.15) is 6.04 Å². The van der Waals surface area contributed by atoms with Gasteiger partial charge in [0.2, 0.25) is 5.91 Å². The van der Waals surface area contributed by atoms with E-state index in [0.717, 1.165) is 0 Å². The van der Waals surface area contributed by atoms with Crippen LogP contribution in [0.25, 0.3) is 0 Å². The number of nitrogens with one attached hydrogen (secondary N) is 1. The number of carbonyl (C=O) groups excluding carboxylic acids is 2. The van der Waals surface area contributed by atoms with Gasteiger partial charge in [0.15, 0.2) is 0 Å². The summed E-state index contributed by atoms with van der Waals surface area (Å²) in [5.74, 6) is -1.70. The highest BCUT2D eigenvalue weighted by Crippen LogP contribution is 2.20. The van der Waals surface area contributed by atoms with Crippen LogP contribution in [0.1, 0.15) is 37.0 Å². The van der Waals surface area contributed by atoms with Gasteiger partial charge in [-0.05, 0) is 30.9 Å². The van der Waals surface area contributed by atoms with Gasteiger partial charge in [-0.15, -0.1) is 0 Å². The Bertz CT molecular complexity index is 592. The summed E-state index contributed by atoms with van der Waals surface area (Å²) in [6, 6.07) is 8.20. The highest BCUT2D eigenvalue weighted by Gasteiger charge is 2.31. The van der Waals surface area contributed by atoms with Crippen molar-refractivity contribution in [2.24, 2.45) is 11.8 Å². The van der Waals surface area contributed by atoms with Gasteiger partial charge in [-0.25, -0.2) is 4.79 Å². The van der Waals surface area contributed by atoms with E-state index in [2.05, 4.69) is 5.32 Å². The molecule has 0 aromatic heterocycles. The maximum absolute atomic E-state index is 12.4. The van der Waals surface area contributed by atoms with Crippen LogP contribution in [0.5, 0.6) is 0 Å². The second-order valence-electron chi connectivity index (χ2n) is 6.50. The van der Waals surface area contributed by atoms with E-state index in [0.29, 0.717) is 31.5 Å². The highest BCUT2D eigenvalue weighted by molar-refractivity contribution is 5.94. The molecule has 130 valence electrons. The molecule has 1 aromatic rings. The lowest BCUT2D eigenvalue weighted by Crippen LogP contribution is -2.49. The molecule has 1 saturated heterocycles. The first-order valence-electron chi connectivity index (χ1n) is 8.27. The van der Waals surface area contributed by atoms with Gasteiger partial charge in [-0.1, -0.05) is 32.0 Å². The molecule has 0 aliphatic carbocycles. The second kappa shape index (κ2) is 7.95. The van der Waals surface area contributed by atoms with Gasteiger partial charge < -0.3 is 15.3 Å². The van der Waals surface area contributed by atoms with Crippen molar-refractivity contribution in [3.8, 4) is 0 Å². The Morgan fingerprint density at radius 3 is 2.21 bits per heavy atom. The molecule has 1 aliphatic rings. The summed E-state index contributed by atoms with van der Waals surface area (Å²) in [7, 11) is 0. The van der Waals surface area contributed by atoms with E-state index in [1.165, 1.54) is 0 Å². The highest BCUT2D eigenvalue weighted by atomic mass is 16.4. The van der Waals surface area contributed by atoms with Crippen LogP contribution in [0.4, 0.5) is 0 Å². The lowest BCUT2D eigenvalue weighted by atomic mass is 9.94. The van der Waals surface area contributed by atoms with Crippen LogP contribution >= 0.6 is 0 Å².